The fraction of sp³-hybridized carbons (Fsp3) is 0.143. The molecule has 0 aliphatic heterocycles. The van der Waals surface area contributed by atoms with E-state index in [0.717, 1.165) is 0 Å². The number of benzene rings is 1. The summed E-state index contributed by atoms with van der Waals surface area (Å²) in [5.41, 5.74) is 0.538. The average Bonchev–Trinajstić information content (AvgIpc) is 2.59. The molecule has 1 unspecified atom stereocenters. The monoisotopic (exact) mass is 216 g/mol. The Labute approximate surface area is 94.2 Å². The second-order valence-corrected chi connectivity index (χ2v) is 3.67. The van der Waals surface area contributed by atoms with Gasteiger partial charge in [0.05, 0.1) is 0 Å². The molecule has 0 saturated heterocycles. The van der Waals surface area contributed by atoms with Gasteiger partial charge in [0, 0.05) is 11.1 Å². The van der Waals surface area contributed by atoms with E-state index in [0.29, 0.717) is 6.42 Å². The van der Waals surface area contributed by atoms with Crippen LogP contribution in [0.5, 0.6) is 0 Å². The number of allylic oxidation sites excluding steroid dienone is 4. The van der Waals surface area contributed by atoms with Crippen LogP contribution in [-0.4, -0.2) is 5.11 Å². The predicted molar refractivity (Wildman–Crippen MR) is 62.4 cm³/mol. The van der Waals surface area contributed by atoms with Crippen LogP contribution in [0.2, 0.25) is 0 Å². The van der Waals surface area contributed by atoms with E-state index >= 15 is 0 Å². The van der Waals surface area contributed by atoms with E-state index < -0.39 is 5.85 Å². The standard InChI is InChI=1S/C14H13FO/c15-14(16,13-10-6-3-7-11-13)12-8-4-1-2-5-9-12/h1-4,6-11,16H,5H2. The third kappa shape index (κ3) is 2.12. The summed E-state index contributed by atoms with van der Waals surface area (Å²) in [4.78, 5) is 0. The van der Waals surface area contributed by atoms with Gasteiger partial charge in [-0.25, -0.2) is 4.39 Å². The van der Waals surface area contributed by atoms with Crippen LogP contribution in [0.15, 0.2) is 66.3 Å². The maximum Gasteiger partial charge on any atom is 0.259 e. The summed E-state index contributed by atoms with van der Waals surface area (Å²) in [6, 6.07) is 8.36. The molecule has 1 atom stereocenters. The van der Waals surface area contributed by atoms with Crippen molar-refractivity contribution in [1.29, 1.82) is 0 Å². The molecular weight excluding hydrogens is 203 g/mol. The first-order valence-corrected chi connectivity index (χ1v) is 5.22. The Hall–Kier alpha value is -1.67. The van der Waals surface area contributed by atoms with E-state index in [-0.39, 0.29) is 11.1 Å². The molecule has 0 spiro atoms. The summed E-state index contributed by atoms with van der Waals surface area (Å²) in [6.45, 7) is 0. The minimum atomic E-state index is -2.41. The minimum absolute atomic E-state index is 0.257. The van der Waals surface area contributed by atoms with Crippen molar-refractivity contribution in [3.63, 3.8) is 0 Å². The molecule has 1 aliphatic rings. The van der Waals surface area contributed by atoms with Crippen LogP contribution >= 0.6 is 0 Å². The third-order valence-corrected chi connectivity index (χ3v) is 2.54. The molecule has 16 heavy (non-hydrogen) atoms. The maximum absolute atomic E-state index is 14.3. The highest BCUT2D eigenvalue weighted by molar-refractivity contribution is 5.38. The molecule has 1 nitrogen and oxygen atoms in total. The van der Waals surface area contributed by atoms with Crippen molar-refractivity contribution in [2.75, 3.05) is 0 Å². The Morgan fingerprint density at radius 2 is 1.88 bits per heavy atom. The fourth-order valence-electron chi connectivity index (χ4n) is 1.65. The summed E-state index contributed by atoms with van der Waals surface area (Å²) in [5.74, 6) is -2.41. The summed E-state index contributed by atoms with van der Waals surface area (Å²) in [7, 11) is 0. The summed E-state index contributed by atoms with van der Waals surface area (Å²) in [6.07, 6.45) is 9.38. The van der Waals surface area contributed by atoms with E-state index in [1.807, 2.05) is 12.2 Å². The van der Waals surface area contributed by atoms with Crippen molar-refractivity contribution in [3.8, 4) is 0 Å². The van der Waals surface area contributed by atoms with E-state index in [2.05, 4.69) is 0 Å². The van der Waals surface area contributed by atoms with Gasteiger partial charge in [-0.15, -0.1) is 0 Å². The number of alkyl halides is 1. The lowest BCUT2D eigenvalue weighted by Gasteiger charge is -2.20. The van der Waals surface area contributed by atoms with Crippen LogP contribution in [0, 0.1) is 0 Å². The molecule has 1 N–H and O–H groups in total. The zero-order valence-corrected chi connectivity index (χ0v) is 8.81. The van der Waals surface area contributed by atoms with Crippen LogP contribution in [0.25, 0.3) is 0 Å². The first-order valence-electron chi connectivity index (χ1n) is 5.22. The number of halogens is 1. The number of hydrogen-bond acceptors (Lipinski definition) is 1. The molecule has 0 fully saturated rings. The fourth-order valence-corrected chi connectivity index (χ4v) is 1.65. The highest BCUT2D eigenvalue weighted by atomic mass is 19.2. The molecule has 0 saturated carbocycles. The summed E-state index contributed by atoms with van der Waals surface area (Å²) >= 11 is 0. The van der Waals surface area contributed by atoms with Gasteiger partial charge < -0.3 is 5.11 Å². The molecule has 1 aromatic rings. The van der Waals surface area contributed by atoms with Crippen molar-refractivity contribution >= 4 is 0 Å². The molecule has 0 bridgehead atoms. The molecule has 0 aromatic heterocycles. The first-order chi connectivity index (χ1) is 7.71. The lowest BCUT2D eigenvalue weighted by Crippen LogP contribution is -2.21. The van der Waals surface area contributed by atoms with Gasteiger partial charge in [-0.05, 0) is 6.42 Å². The van der Waals surface area contributed by atoms with Gasteiger partial charge in [0.1, 0.15) is 0 Å². The Morgan fingerprint density at radius 3 is 2.62 bits per heavy atom. The van der Waals surface area contributed by atoms with Crippen molar-refractivity contribution in [2.24, 2.45) is 0 Å². The Morgan fingerprint density at radius 1 is 1.12 bits per heavy atom. The van der Waals surface area contributed by atoms with Crippen LogP contribution in [0.4, 0.5) is 4.39 Å². The second kappa shape index (κ2) is 4.45. The topological polar surface area (TPSA) is 20.2 Å². The van der Waals surface area contributed by atoms with Gasteiger partial charge >= 0.3 is 0 Å². The lowest BCUT2D eigenvalue weighted by molar-refractivity contribution is -0.0555. The van der Waals surface area contributed by atoms with Gasteiger partial charge in [0.2, 0.25) is 0 Å². The van der Waals surface area contributed by atoms with Crippen molar-refractivity contribution in [2.45, 2.75) is 12.3 Å². The van der Waals surface area contributed by atoms with Crippen molar-refractivity contribution in [3.05, 3.63) is 71.8 Å². The van der Waals surface area contributed by atoms with E-state index in [1.54, 1.807) is 48.6 Å². The lowest BCUT2D eigenvalue weighted by atomic mass is 9.98. The van der Waals surface area contributed by atoms with Gasteiger partial charge in [0.25, 0.3) is 5.85 Å². The molecule has 2 rings (SSSR count). The predicted octanol–water partition coefficient (Wildman–Crippen LogP) is 3.24. The average molecular weight is 216 g/mol. The van der Waals surface area contributed by atoms with Crippen LogP contribution in [0.1, 0.15) is 12.0 Å². The zero-order valence-electron chi connectivity index (χ0n) is 8.81. The van der Waals surface area contributed by atoms with Crippen LogP contribution in [0.3, 0.4) is 0 Å². The number of hydrogen-bond donors (Lipinski definition) is 1. The molecule has 0 amide bonds. The largest absolute Gasteiger partial charge is 0.355 e. The van der Waals surface area contributed by atoms with E-state index in [9.17, 15) is 9.50 Å². The normalized spacial score (nSPS) is 18.8. The van der Waals surface area contributed by atoms with E-state index in [4.69, 9.17) is 0 Å². The molecular formula is C14H13FO. The molecule has 2 heteroatoms. The molecule has 1 aromatic carbocycles. The molecule has 0 radical (unpaired) electrons. The van der Waals surface area contributed by atoms with Gasteiger partial charge in [-0.2, -0.15) is 0 Å². The Balaban J connectivity index is 2.36. The van der Waals surface area contributed by atoms with Crippen LogP contribution in [-0.2, 0) is 5.85 Å². The molecule has 1 aliphatic carbocycles. The molecule has 0 heterocycles. The second-order valence-electron chi connectivity index (χ2n) is 3.67. The Bertz CT molecular complexity index is 441. The number of aliphatic hydroxyl groups is 1. The molecule has 82 valence electrons. The maximum atomic E-state index is 14.3. The highest BCUT2D eigenvalue weighted by Gasteiger charge is 2.31. The van der Waals surface area contributed by atoms with Gasteiger partial charge in [-0.1, -0.05) is 60.7 Å². The smallest absolute Gasteiger partial charge is 0.259 e. The first kappa shape index (κ1) is 10.8. The van der Waals surface area contributed by atoms with Crippen molar-refractivity contribution < 1.29 is 9.50 Å². The van der Waals surface area contributed by atoms with Gasteiger partial charge in [-0.3, -0.25) is 0 Å². The quantitative estimate of drug-likeness (QED) is 0.804. The highest BCUT2D eigenvalue weighted by Crippen LogP contribution is 2.32. The van der Waals surface area contributed by atoms with E-state index in [1.165, 1.54) is 0 Å². The number of rotatable bonds is 2. The van der Waals surface area contributed by atoms with Gasteiger partial charge in [0.15, 0.2) is 0 Å². The van der Waals surface area contributed by atoms with Crippen LogP contribution < -0.4 is 0 Å². The minimum Gasteiger partial charge on any atom is -0.355 e. The van der Waals surface area contributed by atoms with Crippen molar-refractivity contribution in [1.82, 2.24) is 0 Å². The summed E-state index contributed by atoms with van der Waals surface area (Å²) < 4.78 is 14.3. The summed E-state index contributed by atoms with van der Waals surface area (Å²) in [5, 5.41) is 9.92. The Kier molecular flexibility index (Phi) is 3.02. The third-order valence-electron chi connectivity index (χ3n) is 2.54. The zero-order chi connectivity index (χ0) is 11.4. The SMILES string of the molecule is OC(F)(C1=CCC=CC=C1)c1ccccc1.